The highest BCUT2D eigenvalue weighted by Crippen LogP contribution is 2.22. The summed E-state index contributed by atoms with van der Waals surface area (Å²) in [5.74, 6) is -1.60. The molecule has 2 amide bonds. The van der Waals surface area contributed by atoms with Gasteiger partial charge in [0.2, 0.25) is 11.8 Å². The Bertz CT molecular complexity index is 392. The van der Waals surface area contributed by atoms with Gasteiger partial charge >= 0.3 is 5.97 Å². The van der Waals surface area contributed by atoms with Crippen molar-refractivity contribution < 1.29 is 19.5 Å². The normalized spacial score (nSPS) is 20.0. The molecule has 0 spiro atoms. The maximum absolute atomic E-state index is 12.3. The quantitative estimate of drug-likeness (QED) is 0.813. The summed E-state index contributed by atoms with van der Waals surface area (Å²) < 4.78 is 0. The fourth-order valence-corrected chi connectivity index (χ4v) is 2.16. The third-order valence-electron chi connectivity index (χ3n) is 3.91. The minimum Gasteiger partial charge on any atom is -0.480 e. The first-order valence-corrected chi connectivity index (χ1v) is 6.44. The molecule has 1 fully saturated rings. The van der Waals surface area contributed by atoms with Gasteiger partial charge < -0.3 is 14.9 Å². The first kappa shape index (κ1) is 15.5. The smallest absolute Gasteiger partial charge is 0.329 e. The number of hydrogen-bond acceptors (Lipinski definition) is 3. The van der Waals surface area contributed by atoms with E-state index in [0.29, 0.717) is 19.5 Å². The van der Waals surface area contributed by atoms with Crippen molar-refractivity contribution >= 4 is 17.8 Å². The third kappa shape index (κ3) is 3.24. The predicted molar refractivity (Wildman–Crippen MR) is 69.5 cm³/mol. The molecule has 0 aromatic heterocycles. The van der Waals surface area contributed by atoms with Gasteiger partial charge in [0.05, 0.1) is 5.92 Å². The number of amides is 2. The molecule has 1 unspecified atom stereocenters. The fourth-order valence-electron chi connectivity index (χ4n) is 2.16. The summed E-state index contributed by atoms with van der Waals surface area (Å²) in [4.78, 5) is 37.8. The number of likely N-dealkylation sites (tertiary alicyclic amines) is 1. The van der Waals surface area contributed by atoms with Crippen molar-refractivity contribution in [2.24, 2.45) is 5.92 Å². The second kappa shape index (κ2) is 5.59. The fraction of sp³-hybridized carbons (Fsp3) is 0.769. The molecule has 19 heavy (non-hydrogen) atoms. The predicted octanol–water partition coefficient (Wildman–Crippen LogP) is 0.566. The van der Waals surface area contributed by atoms with Crippen LogP contribution in [0.25, 0.3) is 0 Å². The Morgan fingerprint density at radius 3 is 2.37 bits per heavy atom. The first-order valence-electron chi connectivity index (χ1n) is 6.44. The molecule has 0 saturated carbocycles. The monoisotopic (exact) mass is 270 g/mol. The van der Waals surface area contributed by atoms with E-state index < -0.39 is 11.5 Å². The Hall–Kier alpha value is -1.59. The average Bonchev–Trinajstić information content (AvgIpc) is 2.36. The van der Waals surface area contributed by atoms with E-state index in [2.05, 4.69) is 0 Å². The Morgan fingerprint density at radius 2 is 1.89 bits per heavy atom. The number of aliphatic carboxylic acids is 1. The van der Waals surface area contributed by atoms with Gasteiger partial charge in [-0.3, -0.25) is 9.59 Å². The molecule has 1 atom stereocenters. The highest BCUT2D eigenvalue weighted by Gasteiger charge is 2.39. The van der Waals surface area contributed by atoms with Crippen LogP contribution < -0.4 is 0 Å². The number of likely N-dealkylation sites (N-methyl/N-ethyl adjacent to an activating group) is 1. The molecule has 1 N–H and O–H groups in total. The van der Waals surface area contributed by atoms with Crippen LogP contribution in [0.15, 0.2) is 0 Å². The molecule has 0 bridgehead atoms. The molecule has 0 aromatic rings. The standard InChI is InChI=1S/C13H22N2O4/c1-9(16)15-7-5-6-10(8-15)11(17)14(4)13(2,3)12(18)19/h10H,5-8H2,1-4H3,(H,18,19). The number of piperidine rings is 1. The van der Waals surface area contributed by atoms with Crippen molar-refractivity contribution in [2.45, 2.75) is 39.2 Å². The Labute approximate surface area is 113 Å². The minimum atomic E-state index is -1.24. The number of carbonyl (C=O) groups is 3. The summed E-state index contributed by atoms with van der Waals surface area (Å²) >= 11 is 0. The van der Waals surface area contributed by atoms with Gasteiger partial charge in [0, 0.05) is 27.1 Å². The van der Waals surface area contributed by atoms with Gasteiger partial charge in [-0.05, 0) is 26.7 Å². The molecule has 1 saturated heterocycles. The van der Waals surface area contributed by atoms with Crippen molar-refractivity contribution in [1.82, 2.24) is 9.80 Å². The van der Waals surface area contributed by atoms with Crippen molar-refractivity contribution in [3.63, 3.8) is 0 Å². The second-order valence-corrected chi connectivity index (χ2v) is 5.57. The molecular formula is C13H22N2O4. The van der Waals surface area contributed by atoms with Gasteiger partial charge in [-0.15, -0.1) is 0 Å². The van der Waals surface area contributed by atoms with Crippen molar-refractivity contribution in [3.8, 4) is 0 Å². The summed E-state index contributed by atoms with van der Waals surface area (Å²) in [5, 5.41) is 9.14. The summed E-state index contributed by atoms with van der Waals surface area (Å²) in [7, 11) is 1.50. The van der Waals surface area contributed by atoms with Crippen LogP contribution in [0.2, 0.25) is 0 Å². The lowest BCUT2D eigenvalue weighted by atomic mass is 9.94. The van der Waals surface area contributed by atoms with E-state index in [4.69, 9.17) is 5.11 Å². The lowest BCUT2D eigenvalue weighted by Crippen LogP contribution is -2.54. The summed E-state index contributed by atoms with van der Waals surface area (Å²) in [5.41, 5.74) is -1.24. The number of nitrogens with zero attached hydrogens (tertiary/aromatic N) is 2. The zero-order valence-electron chi connectivity index (χ0n) is 12.0. The summed E-state index contributed by atoms with van der Waals surface area (Å²) in [6, 6.07) is 0. The largest absolute Gasteiger partial charge is 0.480 e. The number of carboxylic acid groups (broad SMARTS) is 1. The van der Waals surface area contributed by atoms with E-state index in [1.165, 1.54) is 32.7 Å². The van der Waals surface area contributed by atoms with Crippen LogP contribution in [0, 0.1) is 5.92 Å². The first-order chi connectivity index (χ1) is 8.67. The topological polar surface area (TPSA) is 77.9 Å². The van der Waals surface area contributed by atoms with Gasteiger partial charge in [-0.1, -0.05) is 0 Å². The number of hydrogen-bond donors (Lipinski definition) is 1. The molecule has 0 aliphatic carbocycles. The zero-order chi connectivity index (χ0) is 14.8. The SMILES string of the molecule is CC(=O)N1CCCC(C(=O)N(C)C(C)(C)C(=O)O)C1. The van der Waals surface area contributed by atoms with Gasteiger partial charge in [0.1, 0.15) is 5.54 Å². The highest BCUT2D eigenvalue weighted by atomic mass is 16.4. The van der Waals surface area contributed by atoms with E-state index in [9.17, 15) is 14.4 Å². The maximum atomic E-state index is 12.3. The van der Waals surface area contributed by atoms with Crippen LogP contribution in [0.4, 0.5) is 0 Å². The van der Waals surface area contributed by atoms with Crippen LogP contribution in [0.1, 0.15) is 33.6 Å². The van der Waals surface area contributed by atoms with Crippen LogP contribution in [0.3, 0.4) is 0 Å². The molecule has 1 aliphatic rings. The Balaban J connectivity index is 2.77. The van der Waals surface area contributed by atoms with Gasteiger partial charge in [0.15, 0.2) is 0 Å². The third-order valence-corrected chi connectivity index (χ3v) is 3.91. The molecule has 0 radical (unpaired) electrons. The number of rotatable bonds is 3. The van der Waals surface area contributed by atoms with Gasteiger partial charge in [-0.25, -0.2) is 4.79 Å². The van der Waals surface area contributed by atoms with E-state index in [0.717, 1.165) is 6.42 Å². The maximum Gasteiger partial charge on any atom is 0.329 e. The van der Waals surface area contributed by atoms with Gasteiger partial charge in [-0.2, -0.15) is 0 Å². The van der Waals surface area contributed by atoms with Gasteiger partial charge in [0.25, 0.3) is 0 Å². The summed E-state index contributed by atoms with van der Waals surface area (Å²) in [6.07, 6.45) is 1.47. The number of carboxylic acids is 1. The molecular weight excluding hydrogens is 248 g/mol. The molecule has 1 aliphatic heterocycles. The summed E-state index contributed by atoms with van der Waals surface area (Å²) in [6.45, 7) is 5.54. The van der Waals surface area contributed by atoms with Crippen molar-refractivity contribution in [3.05, 3.63) is 0 Å². The van der Waals surface area contributed by atoms with Crippen LogP contribution in [-0.2, 0) is 14.4 Å². The minimum absolute atomic E-state index is 0.0438. The molecule has 0 aromatic carbocycles. The highest BCUT2D eigenvalue weighted by molar-refractivity contribution is 5.87. The molecule has 1 heterocycles. The lowest BCUT2D eigenvalue weighted by molar-refractivity contribution is -0.158. The van der Waals surface area contributed by atoms with E-state index in [1.54, 1.807) is 4.90 Å². The second-order valence-electron chi connectivity index (χ2n) is 5.57. The van der Waals surface area contributed by atoms with E-state index in [-0.39, 0.29) is 17.7 Å². The van der Waals surface area contributed by atoms with Crippen LogP contribution in [-0.4, -0.2) is 58.4 Å². The molecule has 108 valence electrons. The average molecular weight is 270 g/mol. The molecule has 6 nitrogen and oxygen atoms in total. The van der Waals surface area contributed by atoms with Crippen molar-refractivity contribution in [1.29, 1.82) is 0 Å². The van der Waals surface area contributed by atoms with E-state index >= 15 is 0 Å². The molecule has 6 heteroatoms. The Morgan fingerprint density at radius 1 is 1.32 bits per heavy atom. The van der Waals surface area contributed by atoms with Crippen LogP contribution in [0.5, 0.6) is 0 Å². The number of carbonyl (C=O) groups excluding carboxylic acids is 2. The molecule has 1 rings (SSSR count). The zero-order valence-corrected chi connectivity index (χ0v) is 12.0. The lowest BCUT2D eigenvalue weighted by Gasteiger charge is -2.37. The van der Waals surface area contributed by atoms with E-state index in [1.807, 2.05) is 0 Å². The van der Waals surface area contributed by atoms with Crippen LogP contribution >= 0.6 is 0 Å². The Kier molecular flexibility index (Phi) is 4.55. The van der Waals surface area contributed by atoms with Crippen molar-refractivity contribution in [2.75, 3.05) is 20.1 Å².